The number of aromatic hydroxyl groups is 1. The van der Waals surface area contributed by atoms with Crippen molar-refractivity contribution < 1.29 is 19.4 Å². The summed E-state index contributed by atoms with van der Waals surface area (Å²) in [5.41, 5.74) is 2.84. The number of ether oxygens (including phenoxy) is 2. The van der Waals surface area contributed by atoms with Crippen molar-refractivity contribution in [2.75, 3.05) is 0 Å². The van der Waals surface area contributed by atoms with Crippen molar-refractivity contribution in [2.45, 2.75) is 13.0 Å². The molecule has 0 bridgehead atoms. The normalized spacial score (nSPS) is 11.9. The van der Waals surface area contributed by atoms with Gasteiger partial charge in [-0.15, -0.1) is 0 Å². The minimum atomic E-state index is -0.800. The van der Waals surface area contributed by atoms with Crippen LogP contribution >= 0.6 is 39.1 Å². The number of phenols is 1. The predicted molar refractivity (Wildman–Crippen MR) is 125 cm³/mol. The highest BCUT2D eigenvalue weighted by molar-refractivity contribution is 9.10. The quantitative estimate of drug-likeness (QED) is 0.286. The van der Waals surface area contributed by atoms with Gasteiger partial charge in [0.2, 0.25) is 0 Å². The molecule has 1 unspecified atom stereocenters. The Labute approximate surface area is 197 Å². The van der Waals surface area contributed by atoms with Crippen LogP contribution in [0.5, 0.6) is 23.0 Å². The molecule has 0 aliphatic rings. The van der Waals surface area contributed by atoms with Crippen molar-refractivity contribution >= 4 is 51.3 Å². The van der Waals surface area contributed by atoms with Crippen molar-refractivity contribution in [1.29, 1.82) is 0 Å². The third kappa shape index (κ3) is 6.62. The van der Waals surface area contributed by atoms with E-state index in [9.17, 15) is 9.90 Å². The molecule has 1 atom stereocenters. The average molecular weight is 524 g/mol. The van der Waals surface area contributed by atoms with E-state index < -0.39 is 12.0 Å². The Hall–Kier alpha value is -2.74. The molecular weight excluding hydrogens is 507 g/mol. The Morgan fingerprint density at radius 2 is 1.81 bits per heavy atom. The summed E-state index contributed by atoms with van der Waals surface area (Å²) in [6, 6.07) is 16.6. The number of phenolic OH excluding ortho intramolecular Hbond substituents is 1. The summed E-state index contributed by atoms with van der Waals surface area (Å²) in [6.07, 6.45) is 0.546. The van der Waals surface area contributed by atoms with Crippen LogP contribution in [0.4, 0.5) is 0 Å². The van der Waals surface area contributed by atoms with Crippen LogP contribution in [-0.2, 0) is 4.79 Å². The van der Waals surface area contributed by atoms with Crippen LogP contribution in [0.2, 0.25) is 10.0 Å². The molecule has 1 amide bonds. The Bertz CT molecular complexity index is 1110. The first-order chi connectivity index (χ1) is 14.8. The molecule has 0 saturated carbocycles. The third-order valence-electron chi connectivity index (χ3n) is 4.00. The van der Waals surface area contributed by atoms with E-state index in [-0.39, 0.29) is 5.75 Å². The summed E-state index contributed by atoms with van der Waals surface area (Å²) in [5, 5.41) is 14.5. The van der Waals surface area contributed by atoms with E-state index in [0.29, 0.717) is 32.9 Å². The summed E-state index contributed by atoms with van der Waals surface area (Å²) in [5.74, 6) is 1.10. The Kier molecular flexibility index (Phi) is 7.79. The summed E-state index contributed by atoms with van der Waals surface area (Å²) in [7, 11) is 0. The largest absolute Gasteiger partial charge is 0.507 e. The highest BCUT2D eigenvalue weighted by Crippen LogP contribution is 2.32. The SMILES string of the molecule is CC(Oc1ccc(Oc2ccc(Cl)cc2Cl)cc1)C(=O)NN=Cc1cc(Br)ccc1O. The molecule has 6 nitrogen and oxygen atoms in total. The average Bonchev–Trinajstić information content (AvgIpc) is 2.73. The highest BCUT2D eigenvalue weighted by Gasteiger charge is 2.14. The number of hydrogen-bond donors (Lipinski definition) is 2. The Morgan fingerprint density at radius 1 is 1.10 bits per heavy atom. The number of rotatable bonds is 7. The first-order valence-electron chi connectivity index (χ1n) is 9.03. The second-order valence-corrected chi connectivity index (χ2v) is 8.10. The van der Waals surface area contributed by atoms with Gasteiger partial charge >= 0.3 is 0 Å². The number of nitrogens with one attached hydrogen (secondary N) is 1. The minimum absolute atomic E-state index is 0.0488. The molecule has 0 fully saturated rings. The lowest BCUT2D eigenvalue weighted by Gasteiger charge is -2.14. The second-order valence-electron chi connectivity index (χ2n) is 6.35. The maximum atomic E-state index is 12.2. The fourth-order valence-electron chi connectivity index (χ4n) is 2.41. The van der Waals surface area contributed by atoms with E-state index in [1.165, 1.54) is 12.3 Å². The number of halogens is 3. The monoisotopic (exact) mass is 522 g/mol. The van der Waals surface area contributed by atoms with Crippen molar-refractivity contribution in [3.63, 3.8) is 0 Å². The number of hydrazone groups is 1. The lowest BCUT2D eigenvalue weighted by Crippen LogP contribution is -2.33. The standard InChI is InChI=1S/C22H17BrCl2N2O4/c1-13(22(29)27-26-12-14-10-15(23)2-8-20(14)28)30-17-4-6-18(7-5-17)31-21-9-3-16(24)11-19(21)25/h2-13,28H,1H3,(H,27,29). The lowest BCUT2D eigenvalue weighted by atomic mass is 10.2. The van der Waals surface area contributed by atoms with Gasteiger partial charge in [-0.05, 0) is 67.6 Å². The summed E-state index contributed by atoms with van der Waals surface area (Å²) >= 11 is 15.3. The zero-order valence-corrected chi connectivity index (χ0v) is 19.3. The summed E-state index contributed by atoms with van der Waals surface area (Å²) in [6.45, 7) is 1.60. The Balaban J connectivity index is 1.54. The van der Waals surface area contributed by atoms with Gasteiger partial charge in [0.05, 0.1) is 11.2 Å². The maximum Gasteiger partial charge on any atom is 0.280 e. The molecule has 3 aromatic rings. The van der Waals surface area contributed by atoms with E-state index in [0.717, 1.165) is 4.47 Å². The van der Waals surface area contributed by atoms with Crippen LogP contribution in [0.3, 0.4) is 0 Å². The fourth-order valence-corrected chi connectivity index (χ4v) is 3.24. The van der Waals surface area contributed by atoms with Crippen LogP contribution in [0.1, 0.15) is 12.5 Å². The van der Waals surface area contributed by atoms with Gasteiger partial charge in [0, 0.05) is 15.1 Å². The summed E-state index contributed by atoms with van der Waals surface area (Å²) in [4.78, 5) is 12.2. The minimum Gasteiger partial charge on any atom is -0.507 e. The van der Waals surface area contributed by atoms with Crippen LogP contribution in [0.25, 0.3) is 0 Å². The molecular formula is C22H17BrCl2N2O4. The maximum absolute atomic E-state index is 12.2. The van der Waals surface area contributed by atoms with Gasteiger partial charge in [-0.1, -0.05) is 39.1 Å². The van der Waals surface area contributed by atoms with E-state index in [2.05, 4.69) is 26.5 Å². The predicted octanol–water partition coefficient (Wildman–Crippen LogP) is 6.17. The Morgan fingerprint density at radius 3 is 2.52 bits per heavy atom. The highest BCUT2D eigenvalue weighted by atomic mass is 79.9. The van der Waals surface area contributed by atoms with E-state index in [4.69, 9.17) is 32.7 Å². The van der Waals surface area contributed by atoms with Gasteiger partial charge in [0.15, 0.2) is 6.10 Å². The molecule has 0 saturated heterocycles. The number of hydrogen-bond acceptors (Lipinski definition) is 5. The van der Waals surface area contributed by atoms with Crippen LogP contribution in [-0.4, -0.2) is 23.3 Å². The topological polar surface area (TPSA) is 80.2 Å². The zero-order valence-electron chi connectivity index (χ0n) is 16.2. The van der Waals surface area contributed by atoms with Gasteiger partial charge in [0.1, 0.15) is 23.0 Å². The first-order valence-corrected chi connectivity index (χ1v) is 10.6. The molecule has 31 heavy (non-hydrogen) atoms. The molecule has 160 valence electrons. The molecule has 3 aromatic carbocycles. The van der Waals surface area contributed by atoms with Crippen molar-refractivity contribution in [2.24, 2.45) is 5.10 Å². The molecule has 0 aliphatic carbocycles. The smallest absolute Gasteiger partial charge is 0.280 e. The number of carbonyl (C=O) groups excluding carboxylic acids is 1. The van der Waals surface area contributed by atoms with Crippen LogP contribution < -0.4 is 14.9 Å². The molecule has 0 spiro atoms. The van der Waals surface area contributed by atoms with Crippen LogP contribution in [0, 0.1) is 0 Å². The van der Waals surface area contributed by atoms with Crippen molar-refractivity contribution in [1.82, 2.24) is 5.43 Å². The second kappa shape index (κ2) is 10.5. The summed E-state index contributed by atoms with van der Waals surface area (Å²) < 4.78 is 12.1. The number of amides is 1. The van der Waals surface area contributed by atoms with Gasteiger partial charge in [-0.3, -0.25) is 4.79 Å². The van der Waals surface area contributed by atoms with E-state index in [1.54, 1.807) is 61.5 Å². The van der Waals surface area contributed by atoms with E-state index >= 15 is 0 Å². The number of nitrogens with zero attached hydrogens (tertiary/aromatic N) is 1. The first kappa shape index (κ1) is 22.9. The zero-order chi connectivity index (χ0) is 22.4. The third-order valence-corrected chi connectivity index (χ3v) is 5.02. The molecule has 0 radical (unpaired) electrons. The molecule has 0 heterocycles. The molecule has 0 aromatic heterocycles. The lowest BCUT2D eigenvalue weighted by molar-refractivity contribution is -0.127. The molecule has 9 heteroatoms. The van der Waals surface area contributed by atoms with Crippen molar-refractivity contribution in [3.8, 4) is 23.0 Å². The van der Waals surface area contributed by atoms with Gasteiger partial charge in [-0.25, -0.2) is 5.43 Å². The molecule has 2 N–H and O–H groups in total. The molecule has 3 rings (SSSR count). The van der Waals surface area contributed by atoms with Gasteiger partial charge < -0.3 is 14.6 Å². The van der Waals surface area contributed by atoms with Crippen LogP contribution in [0.15, 0.2) is 70.2 Å². The van der Waals surface area contributed by atoms with Crippen molar-refractivity contribution in [3.05, 3.63) is 80.7 Å². The molecule has 0 aliphatic heterocycles. The number of benzene rings is 3. The number of carbonyl (C=O) groups is 1. The van der Waals surface area contributed by atoms with Gasteiger partial charge in [-0.2, -0.15) is 5.10 Å². The fraction of sp³-hybridized carbons (Fsp3) is 0.0909. The van der Waals surface area contributed by atoms with Gasteiger partial charge in [0.25, 0.3) is 5.91 Å². The van der Waals surface area contributed by atoms with E-state index in [1.807, 2.05) is 0 Å².